The second kappa shape index (κ2) is 11.8. The molecule has 1 aliphatic heterocycles. The first-order valence-corrected chi connectivity index (χ1v) is 18.7. The van der Waals surface area contributed by atoms with E-state index in [2.05, 4.69) is 19.6 Å². The molecule has 1 atom stereocenters. The lowest BCUT2D eigenvalue weighted by Crippen LogP contribution is -2.45. The molecule has 5 rings (SSSR count). The second-order valence-corrected chi connectivity index (χ2v) is 19.2. The van der Waals surface area contributed by atoms with Crippen LogP contribution in [0.3, 0.4) is 0 Å². The van der Waals surface area contributed by atoms with E-state index in [-0.39, 0.29) is 17.7 Å². The summed E-state index contributed by atoms with van der Waals surface area (Å²) in [6.45, 7) is 14.6. The van der Waals surface area contributed by atoms with Crippen molar-refractivity contribution in [3.8, 4) is 11.5 Å². The molecule has 0 saturated carbocycles. The predicted molar refractivity (Wildman–Crippen MR) is 172 cm³/mol. The third-order valence-corrected chi connectivity index (χ3v) is 9.61. The Kier molecular flexibility index (Phi) is 8.50. The molecule has 0 unspecified atom stereocenters. The number of benzene rings is 1. The Morgan fingerprint density at radius 2 is 1.74 bits per heavy atom. The number of amides is 1. The van der Waals surface area contributed by atoms with Crippen LogP contribution < -0.4 is 15.0 Å². The number of pyridine rings is 2. The molecule has 1 amide bonds. The third-order valence-electron chi connectivity index (χ3n) is 7.90. The van der Waals surface area contributed by atoms with Gasteiger partial charge in [-0.2, -0.15) is 0 Å². The molecule has 1 aliphatic rings. The smallest absolute Gasteiger partial charge is 0.410 e. The molecule has 232 valence electrons. The normalized spacial score (nSPS) is 16.3. The number of aromatic nitrogens is 3. The average molecular weight is 609 g/mol. The molecule has 4 heterocycles. The summed E-state index contributed by atoms with van der Waals surface area (Å²) in [7, 11) is 1.93. The summed E-state index contributed by atoms with van der Waals surface area (Å²) in [6.07, 6.45) is 4.93. The van der Waals surface area contributed by atoms with Gasteiger partial charge in [-0.3, -0.25) is 4.79 Å². The molecule has 1 aromatic carbocycles. The Morgan fingerprint density at radius 3 is 2.40 bits per heavy atom. The summed E-state index contributed by atoms with van der Waals surface area (Å²) in [5.74, 6) is 1.02. The van der Waals surface area contributed by atoms with Gasteiger partial charge in [-0.25, -0.2) is 9.78 Å². The van der Waals surface area contributed by atoms with Crippen molar-refractivity contribution in [1.29, 1.82) is 0 Å². The van der Waals surface area contributed by atoms with Gasteiger partial charge in [0, 0.05) is 56.3 Å². The zero-order valence-corrected chi connectivity index (χ0v) is 27.7. The fourth-order valence-corrected chi connectivity index (χ4v) is 6.50. The zero-order chi connectivity index (χ0) is 31.1. The highest BCUT2D eigenvalue weighted by molar-refractivity contribution is 6.76. The molecule has 43 heavy (non-hydrogen) atoms. The van der Waals surface area contributed by atoms with Gasteiger partial charge in [0.1, 0.15) is 18.0 Å². The number of fused-ring (bicyclic) bond motifs is 5. The minimum absolute atomic E-state index is 0.147. The summed E-state index contributed by atoms with van der Waals surface area (Å²) in [5, 5.41) is 2.93. The maximum absolute atomic E-state index is 14.5. The van der Waals surface area contributed by atoms with Crippen LogP contribution in [0.25, 0.3) is 32.7 Å². The fourth-order valence-electron chi connectivity index (χ4n) is 5.74. The maximum atomic E-state index is 14.5. The van der Waals surface area contributed by atoms with Gasteiger partial charge in [0.05, 0.1) is 31.2 Å². The van der Waals surface area contributed by atoms with E-state index in [0.717, 1.165) is 46.2 Å². The molecule has 10 nitrogen and oxygen atoms in total. The lowest BCUT2D eigenvalue weighted by atomic mass is 10.0. The standard InChI is InChI=1S/C32H44N4O6Si/c1-32(2,3)42-31(38)34-12-9-10-21(19-34)36-28-22-11-13-35(20-41-14-15-43(6,7)8)29(22)33-18-25(28)23-16-26(39-4)27(40-5)17-24(23)30(36)37/h11,13,16-18,21H,9-10,12,14-15,19-20H2,1-8H3/t21-/m1/s1. The number of carbonyl (C=O) groups excluding carboxylic acids is 1. The molecule has 0 bridgehead atoms. The van der Waals surface area contributed by atoms with E-state index in [1.165, 1.54) is 0 Å². The van der Waals surface area contributed by atoms with Gasteiger partial charge in [-0.05, 0) is 57.9 Å². The lowest BCUT2D eigenvalue weighted by Gasteiger charge is -2.35. The van der Waals surface area contributed by atoms with Crippen molar-refractivity contribution < 1.29 is 23.7 Å². The van der Waals surface area contributed by atoms with Crippen LogP contribution in [0.5, 0.6) is 11.5 Å². The van der Waals surface area contributed by atoms with Gasteiger partial charge in [-0.15, -0.1) is 0 Å². The van der Waals surface area contributed by atoms with Crippen LogP contribution in [0.4, 0.5) is 4.79 Å². The van der Waals surface area contributed by atoms with Crippen LogP contribution in [0.15, 0.2) is 35.4 Å². The molecule has 0 radical (unpaired) electrons. The van der Waals surface area contributed by atoms with Crippen molar-refractivity contribution in [3.05, 3.63) is 40.9 Å². The highest BCUT2D eigenvalue weighted by atomic mass is 28.3. The highest BCUT2D eigenvalue weighted by Crippen LogP contribution is 2.37. The van der Waals surface area contributed by atoms with Crippen LogP contribution in [0, 0.1) is 0 Å². The van der Waals surface area contributed by atoms with E-state index < -0.39 is 13.7 Å². The number of methoxy groups -OCH3 is 2. The van der Waals surface area contributed by atoms with Gasteiger partial charge >= 0.3 is 6.09 Å². The zero-order valence-electron chi connectivity index (χ0n) is 26.7. The Balaban J connectivity index is 1.67. The molecule has 0 spiro atoms. The molecular weight excluding hydrogens is 564 g/mol. The summed E-state index contributed by atoms with van der Waals surface area (Å²) >= 11 is 0. The molecule has 4 aromatic rings. The number of rotatable bonds is 8. The number of ether oxygens (including phenoxy) is 4. The Morgan fingerprint density at radius 1 is 1.05 bits per heavy atom. The molecule has 0 N–H and O–H groups in total. The lowest BCUT2D eigenvalue weighted by molar-refractivity contribution is 0.0173. The predicted octanol–water partition coefficient (Wildman–Crippen LogP) is 6.41. The van der Waals surface area contributed by atoms with Crippen molar-refractivity contribution in [3.63, 3.8) is 0 Å². The van der Waals surface area contributed by atoms with Gasteiger partial charge < -0.3 is 33.0 Å². The average Bonchev–Trinajstić information content (AvgIpc) is 3.36. The van der Waals surface area contributed by atoms with E-state index in [1.807, 2.05) is 54.4 Å². The van der Waals surface area contributed by atoms with Gasteiger partial charge in [0.25, 0.3) is 5.56 Å². The summed E-state index contributed by atoms with van der Waals surface area (Å²) in [6, 6.07) is 6.41. The van der Waals surface area contributed by atoms with Crippen LogP contribution in [0.2, 0.25) is 25.7 Å². The largest absolute Gasteiger partial charge is 0.493 e. The topological polar surface area (TPSA) is 97.1 Å². The van der Waals surface area contributed by atoms with E-state index in [0.29, 0.717) is 43.3 Å². The number of hydrogen-bond donors (Lipinski definition) is 0. The first-order chi connectivity index (χ1) is 20.3. The van der Waals surface area contributed by atoms with E-state index >= 15 is 0 Å². The fraction of sp³-hybridized carbons (Fsp3) is 0.531. The minimum Gasteiger partial charge on any atom is -0.493 e. The molecule has 0 aliphatic carbocycles. The van der Waals surface area contributed by atoms with Crippen molar-refractivity contribution in [2.45, 2.75) is 77.7 Å². The monoisotopic (exact) mass is 608 g/mol. The number of nitrogens with zero attached hydrogens (tertiary/aromatic N) is 4. The third kappa shape index (κ3) is 6.38. The van der Waals surface area contributed by atoms with Crippen LogP contribution >= 0.6 is 0 Å². The SMILES string of the molecule is COc1cc2c(=O)n([C@@H]3CCCN(C(=O)OC(C)(C)C)C3)c3c(cnc4c3ccn4COCC[Si](C)(C)C)c2cc1OC. The Bertz CT molecular complexity index is 1720. The van der Waals surface area contributed by atoms with Crippen LogP contribution in [-0.2, 0) is 16.2 Å². The van der Waals surface area contributed by atoms with Crippen LogP contribution in [-0.4, -0.2) is 72.7 Å². The number of hydrogen-bond acceptors (Lipinski definition) is 7. The molecule has 1 saturated heterocycles. The van der Waals surface area contributed by atoms with Gasteiger partial charge in [0.2, 0.25) is 0 Å². The van der Waals surface area contributed by atoms with E-state index in [9.17, 15) is 9.59 Å². The van der Waals surface area contributed by atoms with Gasteiger partial charge in [0.15, 0.2) is 11.5 Å². The summed E-state index contributed by atoms with van der Waals surface area (Å²) in [5.41, 5.74) is 0.773. The number of carbonyl (C=O) groups is 1. The minimum atomic E-state index is -1.21. The van der Waals surface area contributed by atoms with E-state index in [1.54, 1.807) is 25.2 Å². The number of piperidine rings is 1. The van der Waals surface area contributed by atoms with Crippen molar-refractivity contribution >= 4 is 46.9 Å². The first-order valence-electron chi connectivity index (χ1n) is 14.9. The first kappa shape index (κ1) is 30.9. The quantitative estimate of drug-likeness (QED) is 0.130. The van der Waals surface area contributed by atoms with Crippen molar-refractivity contribution in [2.24, 2.45) is 0 Å². The molecule has 11 heteroatoms. The number of likely N-dealkylation sites (tertiary alicyclic amines) is 1. The molecular formula is C32H44N4O6Si. The summed E-state index contributed by atoms with van der Waals surface area (Å²) < 4.78 is 26.8. The highest BCUT2D eigenvalue weighted by Gasteiger charge is 2.31. The Hall–Kier alpha value is -3.57. The van der Waals surface area contributed by atoms with Crippen molar-refractivity contribution in [1.82, 2.24) is 19.0 Å². The Labute approximate surface area is 253 Å². The van der Waals surface area contributed by atoms with Crippen molar-refractivity contribution in [2.75, 3.05) is 33.9 Å². The second-order valence-electron chi connectivity index (χ2n) is 13.5. The van der Waals surface area contributed by atoms with Crippen LogP contribution in [0.1, 0.15) is 39.7 Å². The van der Waals surface area contributed by atoms with Gasteiger partial charge in [-0.1, -0.05) is 19.6 Å². The maximum Gasteiger partial charge on any atom is 0.410 e. The van der Waals surface area contributed by atoms with E-state index in [4.69, 9.17) is 23.9 Å². The molecule has 3 aromatic heterocycles. The summed E-state index contributed by atoms with van der Waals surface area (Å²) in [4.78, 5) is 34.1. The molecule has 1 fully saturated rings.